The van der Waals surface area contributed by atoms with Crippen LogP contribution in [0.25, 0.3) is 0 Å². The van der Waals surface area contributed by atoms with Crippen molar-refractivity contribution in [1.82, 2.24) is 0 Å². The highest BCUT2D eigenvalue weighted by Crippen LogP contribution is 2.43. The lowest BCUT2D eigenvalue weighted by atomic mass is 10.1. The molecule has 0 N–H and O–H groups in total. The summed E-state index contributed by atoms with van der Waals surface area (Å²) in [6.45, 7) is 1.92. The third-order valence-electron chi connectivity index (χ3n) is 2.70. The molecular formula is C13H10BrCl2FOS. The molecule has 19 heavy (non-hydrogen) atoms. The van der Waals surface area contributed by atoms with E-state index < -0.39 is 11.2 Å². The van der Waals surface area contributed by atoms with Crippen LogP contribution in [0.2, 0.25) is 5.02 Å². The fourth-order valence-electron chi connectivity index (χ4n) is 1.68. The van der Waals surface area contributed by atoms with E-state index >= 15 is 0 Å². The van der Waals surface area contributed by atoms with Gasteiger partial charge in [-0.1, -0.05) is 11.6 Å². The zero-order valence-electron chi connectivity index (χ0n) is 10.1. The fraction of sp³-hybridized carbons (Fsp3) is 0.231. The van der Waals surface area contributed by atoms with Crippen LogP contribution < -0.4 is 4.74 Å². The molecule has 0 fully saturated rings. The van der Waals surface area contributed by atoms with Gasteiger partial charge in [-0.25, -0.2) is 4.39 Å². The summed E-state index contributed by atoms with van der Waals surface area (Å²) in [5.41, 5.74) is 1.66. The smallest absolute Gasteiger partial charge is 0.141 e. The molecular weight excluding hydrogens is 374 g/mol. The van der Waals surface area contributed by atoms with Crippen molar-refractivity contribution >= 4 is 50.5 Å². The summed E-state index contributed by atoms with van der Waals surface area (Å²) in [4.78, 5) is 0.831. The van der Waals surface area contributed by atoms with Gasteiger partial charge in [-0.15, -0.1) is 22.9 Å². The lowest BCUT2D eigenvalue weighted by Gasteiger charge is -2.14. The van der Waals surface area contributed by atoms with Gasteiger partial charge in [-0.05, 0) is 39.9 Å². The molecule has 0 saturated heterocycles. The Balaban J connectivity index is 2.52. The minimum atomic E-state index is -0.474. The first-order valence-electron chi connectivity index (χ1n) is 5.36. The molecule has 0 radical (unpaired) electrons. The third-order valence-corrected chi connectivity index (χ3v) is 5.67. The van der Waals surface area contributed by atoms with E-state index in [4.69, 9.17) is 27.9 Å². The number of methoxy groups -OCH3 is 1. The number of alkyl halides is 1. The van der Waals surface area contributed by atoms with Gasteiger partial charge in [0, 0.05) is 16.5 Å². The van der Waals surface area contributed by atoms with Gasteiger partial charge in [0.1, 0.15) is 11.6 Å². The molecule has 0 spiro atoms. The van der Waals surface area contributed by atoms with Crippen LogP contribution in [0.4, 0.5) is 4.39 Å². The normalized spacial score (nSPS) is 12.5. The Morgan fingerprint density at radius 3 is 2.63 bits per heavy atom. The number of hydrogen-bond donors (Lipinski definition) is 0. The molecule has 1 heterocycles. The molecule has 102 valence electrons. The molecule has 2 rings (SSSR count). The molecule has 6 heteroatoms. The molecule has 0 aliphatic heterocycles. The van der Waals surface area contributed by atoms with Crippen molar-refractivity contribution in [3.63, 3.8) is 0 Å². The summed E-state index contributed by atoms with van der Waals surface area (Å²) >= 11 is 17.3. The minimum absolute atomic E-state index is 0.346. The van der Waals surface area contributed by atoms with E-state index in [2.05, 4.69) is 15.9 Å². The van der Waals surface area contributed by atoms with Crippen molar-refractivity contribution in [2.45, 2.75) is 12.3 Å². The maximum absolute atomic E-state index is 13.5. The van der Waals surface area contributed by atoms with Crippen LogP contribution in [-0.2, 0) is 0 Å². The molecule has 0 bridgehead atoms. The number of hydrogen-bond acceptors (Lipinski definition) is 2. The van der Waals surface area contributed by atoms with Crippen LogP contribution in [0.3, 0.4) is 0 Å². The van der Waals surface area contributed by atoms with Crippen molar-refractivity contribution < 1.29 is 9.13 Å². The molecule has 1 unspecified atom stereocenters. The molecule has 1 nitrogen and oxygen atoms in total. The first-order chi connectivity index (χ1) is 8.95. The van der Waals surface area contributed by atoms with Crippen LogP contribution in [-0.4, -0.2) is 7.11 Å². The zero-order valence-corrected chi connectivity index (χ0v) is 14.1. The number of benzene rings is 1. The molecule has 0 amide bonds. The Kier molecular flexibility index (Phi) is 4.77. The third kappa shape index (κ3) is 2.92. The summed E-state index contributed by atoms with van der Waals surface area (Å²) in [5, 5.41) is 2.11. The van der Waals surface area contributed by atoms with E-state index in [9.17, 15) is 4.39 Å². The number of rotatable bonds is 3. The van der Waals surface area contributed by atoms with Crippen LogP contribution in [0.5, 0.6) is 5.75 Å². The highest BCUT2D eigenvalue weighted by molar-refractivity contribution is 9.10. The van der Waals surface area contributed by atoms with E-state index in [1.807, 2.05) is 12.3 Å². The van der Waals surface area contributed by atoms with Crippen LogP contribution >= 0.6 is 50.5 Å². The maximum atomic E-state index is 13.5. The second-order valence-corrected chi connectivity index (χ2v) is 6.55. The van der Waals surface area contributed by atoms with Gasteiger partial charge in [0.15, 0.2) is 0 Å². The van der Waals surface area contributed by atoms with Gasteiger partial charge in [-0.3, -0.25) is 0 Å². The molecule has 1 aromatic carbocycles. The molecule has 0 aliphatic carbocycles. The summed E-state index contributed by atoms with van der Waals surface area (Å²) in [6.07, 6.45) is 0. The number of ether oxygens (including phenoxy) is 1. The van der Waals surface area contributed by atoms with E-state index in [-0.39, 0.29) is 0 Å². The SMILES string of the molecule is COc1cc(F)c(Br)cc1C(Cl)c1scc(C)c1Cl. The Hall–Kier alpha value is -0.290. The second-order valence-electron chi connectivity index (χ2n) is 3.97. The molecule has 0 aliphatic rings. The van der Waals surface area contributed by atoms with Crippen molar-refractivity contribution in [2.75, 3.05) is 7.11 Å². The molecule has 0 saturated carbocycles. The number of thiophene rings is 1. The Bertz CT molecular complexity index is 615. The molecule has 1 aromatic heterocycles. The average molecular weight is 384 g/mol. The van der Waals surface area contributed by atoms with E-state index in [0.717, 1.165) is 10.4 Å². The second kappa shape index (κ2) is 6.00. The van der Waals surface area contributed by atoms with E-state index in [1.54, 1.807) is 6.07 Å². The average Bonchev–Trinajstić information content (AvgIpc) is 2.72. The monoisotopic (exact) mass is 382 g/mol. The quantitative estimate of drug-likeness (QED) is 0.595. The first kappa shape index (κ1) is 15.1. The summed E-state index contributed by atoms with van der Waals surface area (Å²) in [6, 6.07) is 2.93. The predicted octanol–water partition coefficient (Wildman–Crippen LogP) is 5.95. The van der Waals surface area contributed by atoms with Crippen LogP contribution in [0.15, 0.2) is 22.0 Å². The van der Waals surface area contributed by atoms with E-state index in [1.165, 1.54) is 24.5 Å². The summed E-state index contributed by atoms with van der Waals surface area (Å²) < 4.78 is 19.0. The van der Waals surface area contributed by atoms with Gasteiger partial charge in [0.2, 0.25) is 0 Å². The van der Waals surface area contributed by atoms with Gasteiger partial charge >= 0.3 is 0 Å². The van der Waals surface area contributed by atoms with Gasteiger partial charge in [0.25, 0.3) is 0 Å². The van der Waals surface area contributed by atoms with Crippen LogP contribution in [0.1, 0.15) is 21.4 Å². The summed E-state index contributed by atoms with van der Waals surface area (Å²) in [7, 11) is 1.48. The number of halogens is 4. The number of aryl methyl sites for hydroxylation is 1. The standard InChI is InChI=1S/C13H10BrCl2FOS/c1-6-5-19-13(11(6)15)12(16)7-3-8(14)9(17)4-10(7)18-2/h3-5,12H,1-2H3. The maximum Gasteiger partial charge on any atom is 0.141 e. The molecule has 2 aromatic rings. The first-order valence-corrected chi connectivity index (χ1v) is 7.85. The summed E-state index contributed by atoms with van der Waals surface area (Å²) in [5.74, 6) is 0.0146. The largest absolute Gasteiger partial charge is 0.496 e. The fourth-order valence-corrected chi connectivity index (χ4v) is 3.83. The topological polar surface area (TPSA) is 9.23 Å². The molecule has 1 atom stereocenters. The van der Waals surface area contributed by atoms with E-state index in [0.29, 0.717) is 20.8 Å². The van der Waals surface area contributed by atoms with Gasteiger partial charge in [-0.2, -0.15) is 0 Å². The van der Waals surface area contributed by atoms with Crippen molar-refractivity contribution in [2.24, 2.45) is 0 Å². The lowest BCUT2D eigenvalue weighted by molar-refractivity contribution is 0.406. The highest BCUT2D eigenvalue weighted by Gasteiger charge is 2.22. The van der Waals surface area contributed by atoms with Crippen molar-refractivity contribution in [3.8, 4) is 5.75 Å². The van der Waals surface area contributed by atoms with Crippen molar-refractivity contribution in [3.05, 3.63) is 48.8 Å². The highest BCUT2D eigenvalue weighted by atomic mass is 79.9. The Labute approximate surface area is 133 Å². The van der Waals surface area contributed by atoms with Crippen molar-refractivity contribution in [1.29, 1.82) is 0 Å². The van der Waals surface area contributed by atoms with Gasteiger partial charge in [0.05, 0.1) is 22.0 Å². The predicted molar refractivity (Wildman–Crippen MR) is 82.4 cm³/mol. The Morgan fingerprint density at radius 1 is 1.42 bits per heavy atom. The van der Waals surface area contributed by atoms with Gasteiger partial charge < -0.3 is 4.74 Å². The Morgan fingerprint density at radius 2 is 2.11 bits per heavy atom. The minimum Gasteiger partial charge on any atom is -0.496 e. The zero-order chi connectivity index (χ0) is 14.2. The lowest BCUT2D eigenvalue weighted by Crippen LogP contribution is -1.98. The van der Waals surface area contributed by atoms with Crippen LogP contribution in [0, 0.1) is 12.7 Å².